The van der Waals surface area contributed by atoms with Crippen LogP contribution in [0.2, 0.25) is 5.02 Å². The maximum Gasteiger partial charge on any atom is 0.254 e. The molecule has 0 saturated heterocycles. The number of hydrogen-bond donors (Lipinski definition) is 2. The Kier molecular flexibility index (Phi) is 3.47. The van der Waals surface area contributed by atoms with Gasteiger partial charge in [-0.2, -0.15) is 5.10 Å². The Morgan fingerprint density at radius 3 is 2.94 bits per heavy atom. The first-order valence-electron chi connectivity index (χ1n) is 5.22. The lowest BCUT2D eigenvalue weighted by Crippen LogP contribution is -2.26. The second kappa shape index (κ2) is 5.05. The lowest BCUT2D eigenvalue weighted by Gasteiger charge is -2.15. The Balaban J connectivity index is 2.12. The van der Waals surface area contributed by atoms with Gasteiger partial charge in [0.15, 0.2) is 0 Å². The van der Waals surface area contributed by atoms with E-state index in [1.54, 1.807) is 25.2 Å². The van der Waals surface area contributed by atoms with E-state index in [2.05, 4.69) is 15.2 Å². The van der Waals surface area contributed by atoms with Crippen molar-refractivity contribution in [3.05, 3.63) is 40.9 Å². The van der Waals surface area contributed by atoms with E-state index in [9.17, 15) is 4.79 Å². The minimum atomic E-state index is -0.159. The number of benzene rings is 1. The van der Waals surface area contributed by atoms with Gasteiger partial charge in [0, 0.05) is 12.6 Å². The molecule has 1 aromatic heterocycles. The number of carbonyl (C=O) groups excluding carboxylic acids is 1. The van der Waals surface area contributed by atoms with Crippen LogP contribution in [-0.2, 0) is 6.54 Å². The van der Waals surface area contributed by atoms with Crippen LogP contribution in [0.25, 0.3) is 0 Å². The molecule has 0 aliphatic heterocycles. The van der Waals surface area contributed by atoms with E-state index in [1.165, 1.54) is 11.2 Å². The Morgan fingerprint density at radius 2 is 2.33 bits per heavy atom. The van der Waals surface area contributed by atoms with Crippen molar-refractivity contribution < 1.29 is 4.79 Å². The smallest absolute Gasteiger partial charge is 0.254 e. The normalized spacial score (nSPS) is 10.3. The molecule has 1 aromatic carbocycles. The summed E-state index contributed by atoms with van der Waals surface area (Å²) in [5.41, 5.74) is 6.53. The number of rotatable bonds is 3. The summed E-state index contributed by atoms with van der Waals surface area (Å²) >= 11 is 5.88. The highest BCUT2D eigenvalue weighted by atomic mass is 35.5. The number of nitrogens with zero attached hydrogens (tertiary/aromatic N) is 3. The highest BCUT2D eigenvalue weighted by Gasteiger charge is 2.14. The van der Waals surface area contributed by atoms with E-state index in [1.807, 2.05) is 0 Å². The minimum Gasteiger partial charge on any atom is -0.398 e. The fourth-order valence-electron chi connectivity index (χ4n) is 1.48. The van der Waals surface area contributed by atoms with Gasteiger partial charge in [0.25, 0.3) is 5.91 Å². The summed E-state index contributed by atoms with van der Waals surface area (Å²) in [7, 11) is 1.68. The van der Waals surface area contributed by atoms with Crippen molar-refractivity contribution >= 4 is 23.2 Å². The predicted molar refractivity (Wildman–Crippen MR) is 68.0 cm³/mol. The van der Waals surface area contributed by atoms with Gasteiger partial charge in [0.1, 0.15) is 12.2 Å². The van der Waals surface area contributed by atoms with Gasteiger partial charge in [-0.3, -0.25) is 9.89 Å². The number of halogens is 1. The predicted octanol–water partition coefficient (Wildman–Crippen LogP) is 1.31. The molecule has 0 spiro atoms. The number of H-pyrrole nitrogens is 1. The number of aromatic nitrogens is 3. The van der Waals surface area contributed by atoms with Crippen LogP contribution in [0.5, 0.6) is 0 Å². The van der Waals surface area contributed by atoms with Gasteiger partial charge < -0.3 is 10.6 Å². The first-order chi connectivity index (χ1) is 8.58. The Bertz CT molecular complexity index is 555. The van der Waals surface area contributed by atoms with Crippen molar-refractivity contribution in [3.8, 4) is 0 Å². The quantitative estimate of drug-likeness (QED) is 0.819. The molecule has 0 radical (unpaired) electrons. The summed E-state index contributed by atoms with van der Waals surface area (Å²) in [5, 5.41) is 6.78. The lowest BCUT2D eigenvalue weighted by molar-refractivity contribution is 0.0781. The third-order valence-electron chi connectivity index (χ3n) is 2.45. The Morgan fingerprint density at radius 1 is 1.56 bits per heavy atom. The molecule has 2 aromatic rings. The number of amides is 1. The van der Waals surface area contributed by atoms with E-state index in [-0.39, 0.29) is 5.91 Å². The molecule has 0 aliphatic rings. The van der Waals surface area contributed by atoms with E-state index < -0.39 is 0 Å². The van der Waals surface area contributed by atoms with Crippen LogP contribution in [-0.4, -0.2) is 33.0 Å². The van der Waals surface area contributed by atoms with E-state index >= 15 is 0 Å². The molecule has 0 atom stereocenters. The number of nitrogen functional groups attached to an aromatic ring is 1. The zero-order chi connectivity index (χ0) is 13.1. The Labute approximate surface area is 109 Å². The molecule has 1 heterocycles. The van der Waals surface area contributed by atoms with Crippen LogP contribution < -0.4 is 5.73 Å². The summed E-state index contributed by atoms with van der Waals surface area (Å²) in [5.74, 6) is 0.459. The van der Waals surface area contributed by atoms with Crippen LogP contribution in [0.4, 0.5) is 5.69 Å². The summed E-state index contributed by atoms with van der Waals surface area (Å²) < 4.78 is 0. The highest BCUT2D eigenvalue weighted by molar-refractivity contribution is 6.33. The molecule has 0 saturated carbocycles. The molecule has 0 bridgehead atoms. The minimum absolute atomic E-state index is 0.159. The highest BCUT2D eigenvalue weighted by Crippen LogP contribution is 2.20. The number of carbonyl (C=O) groups is 1. The molecule has 7 heteroatoms. The van der Waals surface area contributed by atoms with Crippen molar-refractivity contribution in [2.45, 2.75) is 6.54 Å². The standard InChI is InChI=1S/C11H12ClN5O/c1-17(5-10-14-6-15-16-10)11(18)7-2-3-9(13)8(12)4-7/h2-4,6H,5,13H2,1H3,(H,14,15,16). The van der Waals surface area contributed by atoms with Crippen LogP contribution in [0, 0.1) is 0 Å². The average molecular weight is 266 g/mol. The SMILES string of the molecule is CN(Cc1ncn[nH]1)C(=O)c1ccc(N)c(Cl)c1. The molecule has 3 N–H and O–H groups in total. The zero-order valence-corrected chi connectivity index (χ0v) is 10.5. The molecule has 0 fully saturated rings. The van der Waals surface area contributed by atoms with Gasteiger partial charge in [-0.05, 0) is 18.2 Å². The van der Waals surface area contributed by atoms with E-state index in [4.69, 9.17) is 17.3 Å². The largest absolute Gasteiger partial charge is 0.398 e. The monoisotopic (exact) mass is 265 g/mol. The Hall–Kier alpha value is -2.08. The first kappa shape index (κ1) is 12.4. The van der Waals surface area contributed by atoms with E-state index in [0.717, 1.165) is 0 Å². The number of hydrogen-bond acceptors (Lipinski definition) is 4. The average Bonchev–Trinajstić information content (AvgIpc) is 2.84. The van der Waals surface area contributed by atoms with E-state index in [0.29, 0.717) is 28.6 Å². The molecule has 1 amide bonds. The third-order valence-corrected chi connectivity index (χ3v) is 2.77. The third kappa shape index (κ3) is 2.60. The number of aromatic amines is 1. The number of nitrogens with two attached hydrogens (primary N) is 1. The molecule has 94 valence electrons. The lowest BCUT2D eigenvalue weighted by atomic mass is 10.2. The van der Waals surface area contributed by atoms with Crippen LogP contribution in [0.3, 0.4) is 0 Å². The summed E-state index contributed by atoms with van der Waals surface area (Å²) in [6, 6.07) is 4.80. The molecule has 0 aliphatic carbocycles. The molecular weight excluding hydrogens is 254 g/mol. The molecule has 6 nitrogen and oxygen atoms in total. The summed E-state index contributed by atoms with van der Waals surface area (Å²) in [6.07, 6.45) is 1.40. The molecule has 18 heavy (non-hydrogen) atoms. The first-order valence-corrected chi connectivity index (χ1v) is 5.60. The van der Waals surface area contributed by atoms with Crippen molar-refractivity contribution in [1.82, 2.24) is 20.1 Å². The van der Waals surface area contributed by atoms with Gasteiger partial charge in [0.2, 0.25) is 0 Å². The fourth-order valence-corrected chi connectivity index (χ4v) is 1.66. The number of anilines is 1. The van der Waals surface area contributed by atoms with Crippen molar-refractivity contribution in [3.63, 3.8) is 0 Å². The second-order valence-electron chi connectivity index (χ2n) is 3.83. The van der Waals surface area contributed by atoms with Gasteiger partial charge >= 0.3 is 0 Å². The van der Waals surface area contributed by atoms with Crippen LogP contribution in [0.15, 0.2) is 24.5 Å². The summed E-state index contributed by atoms with van der Waals surface area (Å²) in [4.78, 5) is 17.6. The van der Waals surface area contributed by atoms with Crippen molar-refractivity contribution in [2.24, 2.45) is 0 Å². The molecule has 0 unspecified atom stereocenters. The second-order valence-corrected chi connectivity index (χ2v) is 4.24. The van der Waals surface area contributed by atoms with Crippen LogP contribution >= 0.6 is 11.6 Å². The molecule has 2 rings (SSSR count). The van der Waals surface area contributed by atoms with Gasteiger partial charge in [0.05, 0.1) is 17.3 Å². The maximum absolute atomic E-state index is 12.1. The fraction of sp³-hybridized carbons (Fsp3) is 0.182. The number of nitrogens with one attached hydrogen (secondary N) is 1. The maximum atomic E-state index is 12.1. The molecular formula is C11H12ClN5O. The van der Waals surface area contributed by atoms with Crippen molar-refractivity contribution in [2.75, 3.05) is 12.8 Å². The zero-order valence-electron chi connectivity index (χ0n) is 9.72. The summed E-state index contributed by atoms with van der Waals surface area (Å²) in [6.45, 7) is 0.348. The topological polar surface area (TPSA) is 87.9 Å². The van der Waals surface area contributed by atoms with Gasteiger partial charge in [-0.15, -0.1) is 0 Å². The van der Waals surface area contributed by atoms with Gasteiger partial charge in [-0.25, -0.2) is 4.98 Å². The van der Waals surface area contributed by atoms with Crippen molar-refractivity contribution in [1.29, 1.82) is 0 Å². The van der Waals surface area contributed by atoms with Crippen LogP contribution in [0.1, 0.15) is 16.2 Å². The van der Waals surface area contributed by atoms with Gasteiger partial charge in [-0.1, -0.05) is 11.6 Å².